The van der Waals surface area contributed by atoms with Gasteiger partial charge in [0.25, 0.3) is 0 Å². The van der Waals surface area contributed by atoms with E-state index in [9.17, 15) is 18.3 Å². The topological polar surface area (TPSA) is 83.9 Å². The molecule has 128 valence electrons. The molecule has 0 aliphatic carbocycles. The molecule has 2 atom stereocenters. The lowest BCUT2D eigenvalue weighted by molar-refractivity contribution is 0.0600. The molecule has 1 aliphatic rings. The summed E-state index contributed by atoms with van der Waals surface area (Å²) in [5.74, 6) is -0.577. The van der Waals surface area contributed by atoms with Gasteiger partial charge in [0.2, 0.25) is 10.0 Å². The van der Waals surface area contributed by atoms with Crippen LogP contribution in [0.2, 0.25) is 0 Å². The Balaban J connectivity index is 2.48. The number of benzene rings is 1. The third-order valence-corrected chi connectivity index (χ3v) is 6.32. The highest BCUT2D eigenvalue weighted by Gasteiger charge is 2.36. The number of rotatable bonds is 4. The number of hydrogen-bond donors (Lipinski definition) is 1. The number of hydrogen-bond acceptors (Lipinski definition) is 5. The van der Waals surface area contributed by atoms with Crippen molar-refractivity contribution in [2.75, 3.05) is 13.7 Å². The van der Waals surface area contributed by atoms with Gasteiger partial charge in [-0.25, -0.2) is 13.2 Å². The number of aliphatic hydroxyl groups excluding tert-OH is 1. The van der Waals surface area contributed by atoms with Crippen LogP contribution in [0, 0.1) is 6.92 Å². The number of carbonyl (C=O) groups is 1. The summed E-state index contributed by atoms with van der Waals surface area (Å²) in [5.41, 5.74) is 0.759. The standard InChI is InChI=1S/C16H23NO5S/c1-11-7-8-13(16(19)22-3)10-15(11)23(20,21)17-9-5-4-6-14(17)12(2)18/h7-8,10,12,14,18H,4-6,9H2,1-3H3/t12-,14+/m1/s1. The first-order valence-corrected chi connectivity index (χ1v) is 9.12. The second kappa shape index (κ2) is 6.98. The fraction of sp³-hybridized carbons (Fsp3) is 0.562. The van der Waals surface area contributed by atoms with E-state index in [0.717, 1.165) is 12.8 Å². The summed E-state index contributed by atoms with van der Waals surface area (Å²) in [5, 5.41) is 9.93. The molecule has 0 unspecified atom stereocenters. The second-order valence-electron chi connectivity index (χ2n) is 5.89. The number of methoxy groups -OCH3 is 1. The Hall–Kier alpha value is -1.44. The van der Waals surface area contributed by atoms with Crippen molar-refractivity contribution in [1.29, 1.82) is 0 Å². The zero-order valence-corrected chi connectivity index (χ0v) is 14.5. The van der Waals surface area contributed by atoms with Gasteiger partial charge in [-0.2, -0.15) is 4.31 Å². The van der Waals surface area contributed by atoms with Crippen LogP contribution in [0.4, 0.5) is 0 Å². The predicted octanol–water partition coefficient (Wildman–Crippen LogP) is 1.71. The lowest BCUT2D eigenvalue weighted by Crippen LogP contribution is -2.48. The molecule has 0 amide bonds. The molecule has 1 N–H and O–H groups in total. The normalized spacial score (nSPS) is 21.0. The summed E-state index contributed by atoms with van der Waals surface area (Å²) in [6.07, 6.45) is 1.54. The van der Waals surface area contributed by atoms with E-state index in [0.29, 0.717) is 18.5 Å². The maximum atomic E-state index is 13.0. The monoisotopic (exact) mass is 341 g/mol. The molecule has 23 heavy (non-hydrogen) atoms. The number of aliphatic hydroxyl groups is 1. The Kier molecular flexibility index (Phi) is 5.44. The molecule has 0 saturated carbocycles. The smallest absolute Gasteiger partial charge is 0.337 e. The van der Waals surface area contributed by atoms with Gasteiger partial charge in [0.1, 0.15) is 0 Å². The largest absolute Gasteiger partial charge is 0.465 e. The third-order valence-electron chi connectivity index (χ3n) is 4.25. The molecule has 0 bridgehead atoms. The zero-order valence-electron chi connectivity index (χ0n) is 13.7. The van der Waals surface area contributed by atoms with Gasteiger partial charge in [0.05, 0.1) is 29.7 Å². The molecule has 1 aromatic rings. The maximum Gasteiger partial charge on any atom is 0.337 e. The molecule has 7 heteroatoms. The van der Waals surface area contributed by atoms with E-state index in [1.165, 1.54) is 17.5 Å². The number of esters is 1. The summed E-state index contributed by atoms with van der Waals surface area (Å²) >= 11 is 0. The van der Waals surface area contributed by atoms with Crippen LogP contribution in [0.15, 0.2) is 23.1 Å². The van der Waals surface area contributed by atoms with Crippen molar-refractivity contribution in [3.63, 3.8) is 0 Å². The molecule has 0 spiro atoms. The number of ether oxygens (including phenoxy) is 1. The van der Waals surface area contributed by atoms with Crippen molar-refractivity contribution in [1.82, 2.24) is 4.31 Å². The maximum absolute atomic E-state index is 13.0. The van der Waals surface area contributed by atoms with Crippen LogP contribution in [0.5, 0.6) is 0 Å². The van der Waals surface area contributed by atoms with E-state index >= 15 is 0 Å². The Morgan fingerprint density at radius 1 is 1.39 bits per heavy atom. The van der Waals surface area contributed by atoms with Crippen LogP contribution >= 0.6 is 0 Å². The lowest BCUT2D eigenvalue weighted by Gasteiger charge is -2.36. The number of sulfonamides is 1. The van der Waals surface area contributed by atoms with Gasteiger partial charge in [-0.05, 0) is 44.4 Å². The van der Waals surface area contributed by atoms with Gasteiger partial charge >= 0.3 is 5.97 Å². The van der Waals surface area contributed by atoms with Crippen molar-refractivity contribution < 1.29 is 23.1 Å². The van der Waals surface area contributed by atoms with Crippen LogP contribution in [0.3, 0.4) is 0 Å². The highest BCUT2D eigenvalue weighted by Crippen LogP contribution is 2.29. The Morgan fingerprint density at radius 3 is 2.70 bits per heavy atom. The van der Waals surface area contributed by atoms with Gasteiger partial charge in [0, 0.05) is 6.54 Å². The van der Waals surface area contributed by atoms with Crippen molar-refractivity contribution in [2.45, 2.75) is 50.2 Å². The van der Waals surface area contributed by atoms with E-state index in [1.54, 1.807) is 26.0 Å². The molecule has 2 rings (SSSR count). The number of aryl methyl sites for hydroxylation is 1. The molecule has 1 heterocycles. The van der Waals surface area contributed by atoms with Crippen molar-refractivity contribution >= 4 is 16.0 Å². The summed E-state index contributed by atoms with van der Waals surface area (Å²) in [6, 6.07) is 4.06. The first-order chi connectivity index (χ1) is 10.8. The molecule has 1 aromatic carbocycles. The highest BCUT2D eigenvalue weighted by atomic mass is 32.2. The average molecular weight is 341 g/mol. The van der Waals surface area contributed by atoms with E-state index in [1.807, 2.05) is 0 Å². The number of nitrogens with zero attached hydrogens (tertiary/aromatic N) is 1. The molecule has 1 aliphatic heterocycles. The molecular formula is C16H23NO5S. The van der Waals surface area contributed by atoms with Crippen molar-refractivity contribution in [3.8, 4) is 0 Å². The second-order valence-corrected chi connectivity index (χ2v) is 7.75. The van der Waals surface area contributed by atoms with E-state index < -0.39 is 28.1 Å². The van der Waals surface area contributed by atoms with Crippen LogP contribution in [-0.4, -0.2) is 49.6 Å². The van der Waals surface area contributed by atoms with Crippen LogP contribution in [-0.2, 0) is 14.8 Å². The van der Waals surface area contributed by atoms with Gasteiger partial charge in [-0.3, -0.25) is 0 Å². The quantitative estimate of drug-likeness (QED) is 0.843. The van der Waals surface area contributed by atoms with E-state index in [2.05, 4.69) is 4.74 Å². The van der Waals surface area contributed by atoms with E-state index in [-0.39, 0.29) is 10.5 Å². The first-order valence-electron chi connectivity index (χ1n) is 7.68. The summed E-state index contributed by atoms with van der Waals surface area (Å²) in [7, 11) is -2.53. The van der Waals surface area contributed by atoms with Crippen molar-refractivity contribution in [2.24, 2.45) is 0 Å². The molecule has 0 aromatic heterocycles. The first kappa shape index (κ1) is 17.9. The molecule has 6 nitrogen and oxygen atoms in total. The Morgan fingerprint density at radius 2 is 2.09 bits per heavy atom. The zero-order chi connectivity index (χ0) is 17.2. The highest BCUT2D eigenvalue weighted by molar-refractivity contribution is 7.89. The molecule has 1 saturated heterocycles. The predicted molar refractivity (Wildman–Crippen MR) is 85.7 cm³/mol. The molecule has 0 radical (unpaired) electrons. The van der Waals surface area contributed by atoms with Gasteiger partial charge in [0.15, 0.2) is 0 Å². The summed E-state index contributed by atoms with van der Waals surface area (Å²) in [4.78, 5) is 11.8. The van der Waals surface area contributed by atoms with Gasteiger partial charge in [-0.1, -0.05) is 12.5 Å². The minimum absolute atomic E-state index is 0.0907. The number of carbonyl (C=O) groups excluding carboxylic acids is 1. The summed E-state index contributed by atoms with van der Waals surface area (Å²) in [6.45, 7) is 3.67. The molecular weight excluding hydrogens is 318 g/mol. The fourth-order valence-electron chi connectivity index (χ4n) is 2.96. The third kappa shape index (κ3) is 3.57. The van der Waals surface area contributed by atoms with E-state index in [4.69, 9.17) is 0 Å². The fourth-order valence-corrected chi connectivity index (χ4v) is 4.97. The Labute approximate surface area is 137 Å². The van der Waals surface area contributed by atoms with Gasteiger partial charge < -0.3 is 9.84 Å². The SMILES string of the molecule is COC(=O)c1ccc(C)c(S(=O)(=O)N2CCCC[C@H]2[C@@H](C)O)c1. The molecule has 1 fully saturated rings. The minimum Gasteiger partial charge on any atom is -0.465 e. The van der Waals surface area contributed by atoms with Crippen LogP contribution < -0.4 is 0 Å². The van der Waals surface area contributed by atoms with Gasteiger partial charge in [-0.15, -0.1) is 0 Å². The number of piperidine rings is 1. The minimum atomic E-state index is -3.79. The lowest BCUT2D eigenvalue weighted by atomic mass is 10.0. The van der Waals surface area contributed by atoms with Crippen LogP contribution in [0.25, 0.3) is 0 Å². The summed E-state index contributed by atoms with van der Waals surface area (Å²) < 4.78 is 32.1. The van der Waals surface area contributed by atoms with Crippen molar-refractivity contribution in [3.05, 3.63) is 29.3 Å². The Bertz CT molecular complexity index is 684. The van der Waals surface area contributed by atoms with Crippen LogP contribution in [0.1, 0.15) is 42.1 Å². The average Bonchev–Trinajstić information content (AvgIpc) is 2.54.